The van der Waals surface area contributed by atoms with Gasteiger partial charge in [0.15, 0.2) is 0 Å². The third-order valence-corrected chi connectivity index (χ3v) is 4.39. The number of halogens is 1. The molecule has 0 fully saturated rings. The first-order valence-electron chi connectivity index (χ1n) is 8.56. The Kier molecular flexibility index (Phi) is 6.10. The molecule has 0 saturated carbocycles. The fourth-order valence-electron chi connectivity index (χ4n) is 2.80. The fraction of sp³-hybridized carbons (Fsp3) is 0.182. The number of hydrogen-bond donors (Lipinski definition) is 1. The van der Waals surface area contributed by atoms with Gasteiger partial charge >= 0.3 is 0 Å². The van der Waals surface area contributed by atoms with Gasteiger partial charge < -0.3 is 9.64 Å². The lowest BCUT2D eigenvalue weighted by atomic mass is 10.1. The second-order valence-corrected chi connectivity index (χ2v) is 6.76. The monoisotopic (exact) mass is 352 g/mol. The van der Waals surface area contributed by atoms with Crippen LogP contribution < -0.4 is 9.64 Å². The summed E-state index contributed by atoms with van der Waals surface area (Å²) in [5.74, 6) is 1.65. The normalized spacial score (nSPS) is 11.9. The van der Waals surface area contributed by atoms with Crippen molar-refractivity contribution in [3.8, 4) is 11.5 Å². The van der Waals surface area contributed by atoms with Gasteiger partial charge in [-0.2, -0.15) is 0 Å². The predicted octanol–water partition coefficient (Wildman–Crippen LogP) is 4.39. The van der Waals surface area contributed by atoms with Crippen molar-refractivity contribution in [2.75, 3.05) is 13.6 Å². The van der Waals surface area contributed by atoms with E-state index in [9.17, 15) is 0 Å². The Morgan fingerprint density at radius 3 is 2.28 bits per heavy atom. The number of quaternary nitrogens is 1. The molecular weight excluding hydrogens is 330 g/mol. The smallest absolute Gasteiger partial charge is 0.127 e. The van der Waals surface area contributed by atoms with Crippen LogP contribution in [-0.2, 0) is 13.0 Å². The van der Waals surface area contributed by atoms with Crippen LogP contribution in [0.1, 0.15) is 11.1 Å². The molecule has 1 unspecified atom stereocenters. The molecular formula is C22H23ClNO+. The summed E-state index contributed by atoms with van der Waals surface area (Å²) in [4.78, 5) is 1.48. The minimum Gasteiger partial charge on any atom is -0.457 e. The van der Waals surface area contributed by atoms with Gasteiger partial charge in [0.1, 0.15) is 18.0 Å². The largest absolute Gasteiger partial charge is 0.457 e. The van der Waals surface area contributed by atoms with Crippen molar-refractivity contribution >= 4 is 11.6 Å². The van der Waals surface area contributed by atoms with Gasteiger partial charge in [0.25, 0.3) is 0 Å². The highest BCUT2D eigenvalue weighted by atomic mass is 35.5. The van der Waals surface area contributed by atoms with Crippen LogP contribution >= 0.6 is 11.6 Å². The SMILES string of the molecule is C[NH+](CCc1ccccc1)Cc1cccc(Oc2ccc(Cl)cc2)c1. The van der Waals surface area contributed by atoms with Gasteiger partial charge in [-0.05, 0) is 42.0 Å². The summed E-state index contributed by atoms with van der Waals surface area (Å²) >= 11 is 5.91. The molecule has 0 aromatic heterocycles. The van der Waals surface area contributed by atoms with Gasteiger partial charge in [0.05, 0.1) is 13.6 Å². The molecule has 3 heteroatoms. The third kappa shape index (κ3) is 5.63. The van der Waals surface area contributed by atoms with Gasteiger partial charge in [0.2, 0.25) is 0 Å². The summed E-state index contributed by atoms with van der Waals surface area (Å²) in [6.07, 6.45) is 1.09. The van der Waals surface area contributed by atoms with Crippen molar-refractivity contribution in [1.82, 2.24) is 0 Å². The zero-order chi connectivity index (χ0) is 17.5. The van der Waals surface area contributed by atoms with E-state index in [1.54, 1.807) is 0 Å². The van der Waals surface area contributed by atoms with Crippen LogP contribution in [0.15, 0.2) is 78.9 Å². The van der Waals surface area contributed by atoms with E-state index in [1.807, 2.05) is 36.4 Å². The maximum Gasteiger partial charge on any atom is 0.127 e. The summed E-state index contributed by atoms with van der Waals surface area (Å²) in [5.41, 5.74) is 2.67. The van der Waals surface area contributed by atoms with Crippen LogP contribution in [0.4, 0.5) is 0 Å². The van der Waals surface area contributed by atoms with Crippen molar-refractivity contribution < 1.29 is 9.64 Å². The van der Waals surface area contributed by atoms with Crippen LogP contribution in [0.2, 0.25) is 5.02 Å². The molecule has 3 rings (SSSR count). The maximum atomic E-state index is 5.92. The highest BCUT2D eigenvalue weighted by Gasteiger charge is 2.06. The summed E-state index contributed by atoms with van der Waals surface area (Å²) < 4.78 is 5.92. The Bertz CT molecular complexity index is 787. The lowest BCUT2D eigenvalue weighted by molar-refractivity contribution is -0.893. The summed E-state index contributed by atoms with van der Waals surface area (Å²) in [6.45, 7) is 2.08. The Morgan fingerprint density at radius 2 is 1.52 bits per heavy atom. The van der Waals surface area contributed by atoms with E-state index in [0.717, 1.165) is 31.0 Å². The Hall–Kier alpha value is -2.29. The van der Waals surface area contributed by atoms with Crippen molar-refractivity contribution in [1.29, 1.82) is 0 Å². The Morgan fingerprint density at radius 1 is 0.800 bits per heavy atom. The van der Waals surface area contributed by atoms with Crippen molar-refractivity contribution in [2.45, 2.75) is 13.0 Å². The molecule has 2 nitrogen and oxygen atoms in total. The quantitative estimate of drug-likeness (QED) is 0.665. The molecule has 1 atom stereocenters. The van der Waals surface area contributed by atoms with E-state index in [4.69, 9.17) is 16.3 Å². The highest BCUT2D eigenvalue weighted by molar-refractivity contribution is 6.30. The number of ether oxygens (including phenoxy) is 1. The molecule has 128 valence electrons. The van der Waals surface area contributed by atoms with Gasteiger partial charge in [0, 0.05) is 17.0 Å². The Balaban J connectivity index is 1.56. The van der Waals surface area contributed by atoms with Crippen molar-refractivity contribution in [2.24, 2.45) is 0 Å². The minimum atomic E-state index is 0.713. The van der Waals surface area contributed by atoms with Gasteiger partial charge in [-0.3, -0.25) is 0 Å². The first-order valence-corrected chi connectivity index (χ1v) is 8.94. The number of benzene rings is 3. The lowest BCUT2D eigenvalue weighted by Crippen LogP contribution is -3.07. The third-order valence-electron chi connectivity index (χ3n) is 4.14. The maximum absolute atomic E-state index is 5.92. The number of likely N-dealkylation sites (N-methyl/N-ethyl adjacent to an activating group) is 1. The lowest BCUT2D eigenvalue weighted by Gasteiger charge is -2.15. The molecule has 0 heterocycles. The van der Waals surface area contributed by atoms with Gasteiger partial charge in [-0.25, -0.2) is 0 Å². The molecule has 0 radical (unpaired) electrons. The molecule has 0 saturated heterocycles. The molecule has 0 spiro atoms. The van der Waals surface area contributed by atoms with E-state index < -0.39 is 0 Å². The molecule has 3 aromatic carbocycles. The van der Waals surface area contributed by atoms with Crippen LogP contribution in [0.3, 0.4) is 0 Å². The predicted molar refractivity (Wildman–Crippen MR) is 104 cm³/mol. The molecule has 25 heavy (non-hydrogen) atoms. The van der Waals surface area contributed by atoms with Crippen LogP contribution in [0, 0.1) is 0 Å². The average Bonchev–Trinajstić information content (AvgIpc) is 2.63. The van der Waals surface area contributed by atoms with Crippen LogP contribution in [0.5, 0.6) is 11.5 Å². The summed E-state index contributed by atoms with van der Waals surface area (Å²) in [7, 11) is 2.23. The molecule has 0 aliphatic heterocycles. The van der Waals surface area contributed by atoms with E-state index in [1.165, 1.54) is 16.0 Å². The first-order chi connectivity index (χ1) is 12.2. The topological polar surface area (TPSA) is 13.7 Å². The number of hydrogen-bond acceptors (Lipinski definition) is 1. The summed E-state index contributed by atoms with van der Waals surface area (Å²) in [6, 6.07) is 26.4. The average molecular weight is 353 g/mol. The van der Waals surface area contributed by atoms with E-state index >= 15 is 0 Å². The van der Waals surface area contributed by atoms with Crippen LogP contribution in [-0.4, -0.2) is 13.6 Å². The number of rotatable bonds is 7. The standard InChI is InChI=1S/C22H22ClNO/c1-24(15-14-18-6-3-2-4-7-18)17-19-8-5-9-22(16-19)25-21-12-10-20(23)11-13-21/h2-13,16H,14-15,17H2,1H3/p+1. The molecule has 0 aliphatic carbocycles. The fourth-order valence-corrected chi connectivity index (χ4v) is 2.92. The second-order valence-electron chi connectivity index (χ2n) is 6.32. The van der Waals surface area contributed by atoms with Gasteiger partial charge in [-0.1, -0.05) is 54.1 Å². The van der Waals surface area contributed by atoms with E-state index in [2.05, 4.69) is 49.5 Å². The molecule has 3 aromatic rings. The first kappa shape index (κ1) is 17.5. The minimum absolute atomic E-state index is 0.713. The molecule has 0 bridgehead atoms. The van der Waals surface area contributed by atoms with E-state index in [-0.39, 0.29) is 0 Å². The molecule has 1 N–H and O–H groups in total. The highest BCUT2D eigenvalue weighted by Crippen LogP contribution is 2.23. The number of nitrogens with one attached hydrogen (secondary N) is 1. The van der Waals surface area contributed by atoms with Gasteiger partial charge in [-0.15, -0.1) is 0 Å². The molecule has 0 aliphatic rings. The summed E-state index contributed by atoms with van der Waals surface area (Å²) in [5, 5.41) is 0.713. The second kappa shape index (κ2) is 8.70. The molecule has 0 amide bonds. The van der Waals surface area contributed by atoms with Crippen molar-refractivity contribution in [3.05, 3.63) is 95.0 Å². The van der Waals surface area contributed by atoms with Crippen LogP contribution in [0.25, 0.3) is 0 Å². The Labute approximate surface area is 154 Å². The zero-order valence-corrected chi connectivity index (χ0v) is 15.2. The van der Waals surface area contributed by atoms with Crippen molar-refractivity contribution in [3.63, 3.8) is 0 Å². The van der Waals surface area contributed by atoms with E-state index in [0.29, 0.717) is 5.02 Å². The zero-order valence-electron chi connectivity index (χ0n) is 14.4.